The largest absolute Gasteiger partial charge is 0.283 e. The second-order valence-corrected chi connectivity index (χ2v) is 6.99. The van der Waals surface area contributed by atoms with Gasteiger partial charge < -0.3 is 0 Å². The molecule has 1 N–H and O–H groups in total. The number of hydrogen-bond donors (Lipinski definition) is 1. The molecule has 19 heavy (non-hydrogen) atoms. The third-order valence-corrected chi connectivity index (χ3v) is 3.47. The summed E-state index contributed by atoms with van der Waals surface area (Å²) in [4.78, 5) is 0. The van der Waals surface area contributed by atoms with Crippen molar-refractivity contribution in [3.63, 3.8) is 0 Å². The van der Waals surface area contributed by atoms with Crippen LogP contribution < -0.4 is 4.72 Å². The van der Waals surface area contributed by atoms with Gasteiger partial charge in [-0.15, -0.1) is 0 Å². The quantitative estimate of drug-likeness (QED) is 0.861. The van der Waals surface area contributed by atoms with Crippen LogP contribution in [-0.2, 0) is 10.0 Å². The number of sulfonamides is 1. The van der Waals surface area contributed by atoms with Crippen molar-refractivity contribution in [2.24, 2.45) is 0 Å². The minimum absolute atomic E-state index is 0.413. The Labute approximate surface area is 116 Å². The molecule has 1 rings (SSSR count). The fourth-order valence-electron chi connectivity index (χ4n) is 2.08. The highest BCUT2D eigenvalue weighted by Gasteiger charge is 2.11. The number of rotatable bonds is 6. The Balaban J connectivity index is 3.05. The molecule has 0 spiro atoms. The van der Waals surface area contributed by atoms with Crippen LogP contribution in [0.25, 0.3) is 6.08 Å². The molecule has 3 nitrogen and oxygen atoms in total. The molecule has 1 atom stereocenters. The molecule has 0 amide bonds. The lowest BCUT2D eigenvalue weighted by molar-refractivity contribution is 0.607. The molecule has 0 saturated carbocycles. The fraction of sp³-hybridized carbons (Fsp3) is 0.400. The summed E-state index contributed by atoms with van der Waals surface area (Å²) in [6, 6.07) is 5.76. The maximum atomic E-state index is 11.3. The van der Waals surface area contributed by atoms with Crippen molar-refractivity contribution in [1.82, 2.24) is 0 Å². The first-order valence-corrected chi connectivity index (χ1v) is 8.15. The number of nitrogens with one attached hydrogen (secondary N) is 1. The van der Waals surface area contributed by atoms with E-state index in [-0.39, 0.29) is 0 Å². The van der Waals surface area contributed by atoms with E-state index in [0.717, 1.165) is 18.2 Å². The molecule has 1 aromatic rings. The number of anilines is 1. The molecule has 0 aliphatic carbocycles. The van der Waals surface area contributed by atoms with E-state index in [2.05, 4.69) is 32.1 Å². The third kappa shape index (κ3) is 5.07. The molecule has 0 aliphatic rings. The van der Waals surface area contributed by atoms with E-state index in [4.69, 9.17) is 0 Å². The van der Waals surface area contributed by atoms with Gasteiger partial charge in [0.05, 0.1) is 11.9 Å². The van der Waals surface area contributed by atoms with Gasteiger partial charge in [-0.05, 0) is 41.5 Å². The third-order valence-electron chi connectivity index (χ3n) is 2.87. The van der Waals surface area contributed by atoms with Crippen LogP contribution in [-0.4, -0.2) is 14.7 Å². The summed E-state index contributed by atoms with van der Waals surface area (Å²) in [6.45, 7) is 10.1. The van der Waals surface area contributed by atoms with E-state index in [1.165, 1.54) is 11.5 Å². The van der Waals surface area contributed by atoms with Crippen LogP contribution in [0.1, 0.15) is 44.2 Å². The van der Waals surface area contributed by atoms with Crippen LogP contribution in [0.15, 0.2) is 24.8 Å². The Kier molecular flexibility index (Phi) is 5.18. The highest BCUT2D eigenvalue weighted by atomic mass is 32.2. The summed E-state index contributed by atoms with van der Waals surface area (Å²) in [5, 5.41) is 0. The van der Waals surface area contributed by atoms with Crippen molar-refractivity contribution >= 4 is 21.8 Å². The first-order valence-electron chi connectivity index (χ1n) is 6.26. The van der Waals surface area contributed by atoms with Crippen molar-refractivity contribution in [3.8, 4) is 0 Å². The van der Waals surface area contributed by atoms with Gasteiger partial charge in [-0.25, -0.2) is 8.42 Å². The van der Waals surface area contributed by atoms with Crippen LogP contribution in [0, 0.1) is 5.92 Å². The van der Waals surface area contributed by atoms with Gasteiger partial charge in [0, 0.05) is 0 Å². The molecule has 105 valence electrons. The van der Waals surface area contributed by atoms with E-state index >= 15 is 0 Å². The molecule has 0 saturated heterocycles. The lowest BCUT2D eigenvalue weighted by Crippen LogP contribution is -2.11. The summed E-state index contributed by atoms with van der Waals surface area (Å²) in [6.07, 6.45) is 3.84. The van der Waals surface area contributed by atoms with E-state index in [1.807, 2.05) is 12.1 Å². The van der Waals surface area contributed by atoms with Crippen molar-refractivity contribution < 1.29 is 8.42 Å². The highest BCUT2D eigenvalue weighted by Crippen LogP contribution is 2.28. The van der Waals surface area contributed by atoms with E-state index in [1.54, 1.807) is 12.1 Å². The van der Waals surface area contributed by atoms with Gasteiger partial charge >= 0.3 is 0 Å². The molecule has 4 heteroatoms. The predicted molar refractivity (Wildman–Crippen MR) is 82.6 cm³/mol. The minimum atomic E-state index is -3.26. The molecule has 1 aromatic carbocycles. The maximum absolute atomic E-state index is 11.3. The van der Waals surface area contributed by atoms with Crippen LogP contribution in [0.5, 0.6) is 0 Å². The Bertz CT molecular complexity index is 547. The molecular formula is C15H22NO2S. The van der Waals surface area contributed by atoms with Gasteiger partial charge in [-0.1, -0.05) is 39.5 Å². The van der Waals surface area contributed by atoms with Crippen molar-refractivity contribution in [2.75, 3.05) is 11.0 Å². The molecule has 1 radical (unpaired) electrons. The second-order valence-electron chi connectivity index (χ2n) is 5.24. The zero-order valence-electron chi connectivity index (χ0n) is 12.0. The Morgan fingerprint density at radius 3 is 2.53 bits per heavy atom. The average molecular weight is 280 g/mol. The van der Waals surface area contributed by atoms with E-state index < -0.39 is 10.0 Å². The van der Waals surface area contributed by atoms with E-state index in [9.17, 15) is 8.42 Å². The molecule has 0 aliphatic heterocycles. The fourth-order valence-corrected chi connectivity index (χ4v) is 2.66. The molecule has 0 heterocycles. The minimum Gasteiger partial charge on any atom is -0.283 e. The Hall–Kier alpha value is -1.29. The highest BCUT2D eigenvalue weighted by molar-refractivity contribution is 7.92. The Morgan fingerprint density at radius 1 is 1.42 bits per heavy atom. The van der Waals surface area contributed by atoms with E-state index in [0.29, 0.717) is 11.6 Å². The van der Waals surface area contributed by atoms with Crippen molar-refractivity contribution in [2.45, 2.75) is 33.1 Å². The van der Waals surface area contributed by atoms with Crippen molar-refractivity contribution in [3.05, 3.63) is 41.8 Å². The monoisotopic (exact) mass is 280 g/mol. The number of benzene rings is 1. The van der Waals surface area contributed by atoms with Crippen LogP contribution >= 0.6 is 0 Å². The summed E-state index contributed by atoms with van der Waals surface area (Å²) in [5.41, 5.74) is 2.57. The van der Waals surface area contributed by atoms with Crippen LogP contribution in [0.3, 0.4) is 0 Å². The van der Waals surface area contributed by atoms with Gasteiger partial charge in [0.1, 0.15) is 0 Å². The normalized spacial score (nSPS) is 13.3. The van der Waals surface area contributed by atoms with Crippen LogP contribution in [0.2, 0.25) is 0 Å². The first-order chi connectivity index (χ1) is 8.73. The summed E-state index contributed by atoms with van der Waals surface area (Å²) >= 11 is 0. The average Bonchev–Trinajstić information content (AvgIpc) is 2.26. The van der Waals surface area contributed by atoms with Gasteiger partial charge in [0.2, 0.25) is 10.0 Å². The van der Waals surface area contributed by atoms with Gasteiger partial charge in [-0.2, -0.15) is 0 Å². The van der Waals surface area contributed by atoms with Gasteiger partial charge in [0.15, 0.2) is 0 Å². The SMILES string of the molecule is C=Cc1cc(C(C)C[C](C)C)ccc1NS(C)(=O)=O. The number of hydrogen-bond acceptors (Lipinski definition) is 2. The summed E-state index contributed by atoms with van der Waals surface area (Å²) in [5.74, 6) is 1.79. The first kappa shape index (κ1) is 15.8. The Morgan fingerprint density at radius 2 is 2.05 bits per heavy atom. The molecule has 0 aromatic heterocycles. The van der Waals surface area contributed by atoms with Gasteiger partial charge in [0.25, 0.3) is 0 Å². The zero-order chi connectivity index (χ0) is 14.6. The molecular weight excluding hydrogens is 258 g/mol. The van der Waals surface area contributed by atoms with Crippen LogP contribution in [0.4, 0.5) is 5.69 Å². The smallest absolute Gasteiger partial charge is 0.229 e. The summed E-state index contributed by atoms with van der Waals surface area (Å²) in [7, 11) is -3.26. The molecule has 0 bridgehead atoms. The second kappa shape index (κ2) is 6.24. The topological polar surface area (TPSA) is 46.2 Å². The maximum Gasteiger partial charge on any atom is 0.229 e. The lowest BCUT2D eigenvalue weighted by Gasteiger charge is -2.16. The standard InChI is InChI=1S/C15H22NO2S/c1-6-13-10-14(12(4)9-11(2)3)7-8-15(13)16-19(5,17)18/h6-8,10,12,16H,1,9H2,2-5H3. The summed E-state index contributed by atoms with van der Waals surface area (Å²) < 4.78 is 25.1. The van der Waals surface area contributed by atoms with Crippen molar-refractivity contribution in [1.29, 1.82) is 0 Å². The molecule has 1 unspecified atom stereocenters. The lowest BCUT2D eigenvalue weighted by atomic mass is 9.91. The zero-order valence-corrected chi connectivity index (χ0v) is 12.8. The molecule has 0 fully saturated rings. The predicted octanol–water partition coefficient (Wildman–Crippen LogP) is 3.81. The van der Waals surface area contributed by atoms with Gasteiger partial charge in [-0.3, -0.25) is 4.72 Å².